The Morgan fingerprint density at radius 3 is 2.78 bits per heavy atom. The highest BCUT2D eigenvalue weighted by atomic mass is 35.5. The number of hydrogen-bond donors (Lipinski definition) is 1. The van der Waals surface area contributed by atoms with Crippen LogP contribution in [-0.4, -0.2) is 44.7 Å². The Labute approximate surface area is 142 Å². The zero-order valence-corrected chi connectivity index (χ0v) is 14.0. The average molecular weight is 351 g/mol. The minimum absolute atomic E-state index is 0.212. The standard InChI is InChI=1S/C15H15ClN4O2S/c1-10(13(21)20-9-6-17-14(20)22)23-15-18-7-8-19(15)12-4-2-11(16)3-5-12/h2-5,7-8,10H,6,9H2,1H3,(H,17,22)/t10-/m0/s1. The molecule has 0 spiro atoms. The van der Waals surface area contributed by atoms with E-state index in [2.05, 4.69) is 10.3 Å². The number of hydrogen-bond acceptors (Lipinski definition) is 4. The molecular formula is C15H15ClN4O2S. The van der Waals surface area contributed by atoms with Crippen molar-refractivity contribution >= 4 is 35.3 Å². The molecule has 8 heteroatoms. The van der Waals surface area contributed by atoms with Gasteiger partial charge >= 0.3 is 6.03 Å². The van der Waals surface area contributed by atoms with Gasteiger partial charge in [0, 0.05) is 36.2 Å². The first kappa shape index (κ1) is 15.9. The summed E-state index contributed by atoms with van der Waals surface area (Å²) in [7, 11) is 0. The third-order valence-electron chi connectivity index (χ3n) is 3.46. The SMILES string of the molecule is C[C@H](Sc1nccn1-c1ccc(Cl)cc1)C(=O)N1CCNC1=O. The molecule has 2 aromatic rings. The number of aromatic nitrogens is 2. The van der Waals surface area contributed by atoms with E-state index in [4.69, 9.17) is 11.6 Å². The maximum Gasteiger partial charge on any atom is 0.324 e. The van der Waals surface area contributed by atoms with E-state index in [1.807, 2.05) is 22.9 Å². The first-order valence-electron chi connectivity index (χ1n) is 7.11. The van der Waals surface area contributed by atoms with Gasteiger partial charge in [0.15, 0.2) is 5.16 Å². The molecule has 0 radical (unpaired) electrons. The Balaban J connectivity index is 1.76. The number of imidazole rings is 1. The lowest BCUT2D eigenvalue weighted by Crippen LogP contribution is -2.39. The second-order valence-corrected chi connectivity index (χ2v) is 6.78. The van der Waals surface area contributed by atoms with Crippen molar-refractivity contribution in [1.29, 1.82) is 0 Å². The monoisotopic (exact) mass is 350 g/mol. The summed E-state index contributed by atoms with van der Waals surface area (Å²) in [4.78, 5) is 29.5. The molecule has 0 unspecified atom stereocenters. The van der Waals surface area contributed by atoms with Gasteiger partial charge in [0.05, 0.1) is 5.25 Å². The van der Waals surface area contributed by atoms with Crippen LogP contribution in [0.5, 0.6) is 0 Å². The fourth-order valence-corrected chi connectivity index (χ4v) is 3.36. The molecule has 1 aromatic heterocycles. The van der Waals surface area contributed by atoms with Crippen molar-refractivity contribution in [2.24, 2.45) is 0 Å². The molecule has 3 rings (SSSR count). The van der Waals surface area contributed by atoms with Gasteiger partial charge in [0.25, 0.3) is 0 Å². The largest absolute Gasteiger partial charge is 0.336 e. The Kier molecular flexibility index (Phi) is 4.58. The highest BCUT2D eigenvalue weighted by molar-refractivity contribution is 8.00. The first-order valence-corrected chi connectivity index (χ1v) is 8.37. The van der Waals surface area contributed by atoms with Crippen molar-refractivity contribution in [3.8, 4) is 5.69 Å². The molecule has 0 aliphatic carbocycles. The van der Waals surface area contributed by atoms with E-state index in [9.17, 15) is 9.59 Å². The Hall–Kier alpha value is -1.99. The number of carbonyl (C=O) groups excluding carboxylic acids is 2. The van der Waals surface area contributed by atoms with Gasteiger partial charge in [-0.15, -0.1) is 0 Å². The predicted molar refractivity (Wildman–Crippen MR) is 89.0 cm³/mol. The summed E-state index contributed by atoms with van der Waals surface area (Å²) >= 11 is 7.23. The molecule has 1 aromatic carbocycles. The minimum Gasteiger partial charge on any atom is -0.336 e. The Bertz CT molecular complexity index is 731. The average Bonchev–Trinajstić information content (AvgIpc) is 3.16. The van der Waals surface area contributed by atoms with Gasteiger partial charge in [-0.2, -0.15) is 0 Å². The van der Waals surface area contributed by atoms with Gasteiger partial charge in [-0.1, -0.05) is 23.4 Å². The van der Waals surface area contributed by atoms with Crippen LogP contribution in [0.4, 0.5) is 4.79 Å². The number of benzene rings is 1. The summed E-state index contributed by atoms with van der Waals surface area (Å²) in [5.41, 5.74) is 0.910. The number of thioether (sulfide) groups is 1. The van der Waals surface area contributed by atoms with Crippen molar-refractivity contribution in [2.75, 3.05) is 13.1 Å². The van der Waals surface area contributed by atoms with E-state index < -0.39 is 5.25 Å². The number of nitrogens with one attached hydrogen (secondary N) is 1. The summed E-state index contributed by atoms with van der Waals surface area (Å²) in [6.45, 7) is 2.69. The van der Waals surface area contributed by atoms with Gasteiger partial charge in [0.1, 0.15) is 0 Å². The van der Waals surface area contributed by atoms with Gasteiger partial charge < -0.3 is 5.32 Å². The molecule has 1 N–H and O–H groups in total. The quantitative estimate of drug-likeness (QED) is 0.860. The third-order valence-corrected chi connectivity index (χ3v) is 4.78. The van der Waals surface area contributed by atoms with E-state index >= 15 is 0 Å². The molecule has 1 saturated heterocycles. The molecule has 1 aliphatic rings. The van der Waals surface area contributed by atoms with E-state index in [-0.39, 0.29) is 11.9 Å². The molecule has 0 bridgehead atoms. The summed E-state index contributed by atoms with van der Waals surface area (Å²) in [5.74, 6) is -0.212. The molecule has 1 atom stereocenters. The number of halogens is 1. The van der Waals surface area contributed by atoms with Crippen molar-refractivity contribution in [3.05, 3.63) is 41.7 Å². The van der Waals surface area contributed by atoms with Crippen LogP contribution in [-0.2, 0) is 4.79 Å². The molecule has 3 amide bonds. The lowest BCUT2D eigenvalue weighted by atomic mass is 10.3. The molecule has 2 heterocycles. The van der Waals surface area contributed by atoms with E-state index in [0.29, 0.717) is 23.3 Å². The lowest BCUT2D eigenvalue weighted by molar-refractivity contribution is -0.126. The number of urea groups is 1. The number of nitrogens with zero attached hydrogens (tertiary/aromatic N) is 3. The summed E-state index contributed by atoms with van der Waals surface area (Å²) in [5, 5.41) is 3.57. The Morgan fingerprint density at radius 1 is 1.39 bits per heavy atom. The summed E-state index contributed by atoms with van der Waals surface area (Å²) < 4.78 is 1.88. The van der Waals surface area contributed by atoms with Crippen LogP contribution in [0.2, 0.25) is 5.02 Å². The van der Waals surface area contributed by atoms with Crippen molar-refractivity contribution in [3.63, 3.8) is 0 Å². The molecule has 1 fully saturated rings. The zero-order valence-electron chi connectivity index (χ0n) is 12.4. The van der Waals surface area contributed by atoms with Crippen LogP contribution in [0.25, 0.3) is 5.69 Å². The van der Waals surface area contributed by atoms with Crippen LogP contribution < -0.4 is 5.32 Å². The lowest BCUT2D eigenvalue weighted by Gasteiger charge is -2.17. The summed E-state index contributed by atoms with van der Waals surface area (Å²) in [6, 6.07) is 7.04. The maximum absolute atomic E-state index is 12.4. The highest BCUT2D eigenvalue weighted by Crippen LogP contribution is 2.26. The Morgan fingerprint density at radius 2 is 2.13 bits per heavy atom. The normalized spacial score (nSPS) is 15.6. The fourth-order valence-electron chi connectivity index (χ4n) is 2.29. The van der Waals surface area contributed by atoms with Crippen LogP contribution in [0.1, 0.15) is 6.92 Å². The molecule has 120 valence electrons. The van der Waals surface area contributed by atoms with Crippen molar-refractivity contribution in [1.82, 2.24) is 19.8 Å². The molecule has 1 aliphatic heterocycles. The maximum atomic E-state index is 12.4. The number of carbonyl (C=O) groups is 2. The van der Waals surface area contributed by atoms with Gasteiger partial charge in [0.2, 0.25) is 5.91 Å². The number of rotatable bonds is 4. The highest BCUT2D eigenvalue weighted by Gasteiger charge is 2.30. The van der Waals surface area contributed by atoms with Crippen LogP contribution >= 0.6 is 23.4 Å². The van der Waals surface area contributed by atoms with Crippen LogP contribution in [0, 0.1) is 0 Å². The minimum atomic E-state index is -0.410. The molecular weight excluding hydrogens is 336 g/mol. The van der Waals surface area contributed by atoms with E-state index in [1.165, 1.54) is 16.7 Å². The zero-order chi connectivity index (χ0) is 16.4. The van der Waals surface area contributed by atoms with E-state index in [1.54, 1.807) is 25.3 Å². The smallest absolute Gasteiger partial charge is 0.324 e. The number of amides is 3. The first-order chi connectivity index (χ1) is 11.1. The topological polar surface area (TPSA) is 67.2 Å². The van der Waals surface area contributed by atoms with Crippen LogP contribution in [0.15, 0.2) is 41.8 Å². The fraction of sp³-hybridized carbons (Fsp3) is 0.267. The van der Waals surface area contributed by atoms with Crippen LogP contribution in [0.3, 0.4) is 0 Å². The van der Waals surface area contributed by atoms with Crippen molar-refractivity contribution < 1.29 is 9.59 Å². The predicted octanol–water partition coefficient (Wildman–Crippen LogP) is 2.56. The second kappa shape index (κ2) is 6.64. The number of imide groups is 1. The molecule has 23 heavy (non-hydrogen) atoms. The molecule has 6 nitrogen and oxygen atoms in total. The van der Waals surface area contributed by atoms with Gasteiger partial charge in [-0.3, -0.25) is 14.3 Å². The van der Waals surface area contributed by atoms with Crippen molar-refractivity contribution in [2.45, 2.75) is 17.3 Å². The van der Waals surface area contributed by atoms with Gasteiger partial charge in [-0.05, 0) is 31.2 Å². The van der Waals surface area contributed by atoms with Gasteiger partial charge in [-0.25, -0.2) is 9.78 Å². The summed E-state index contributed by atoms with van der Waals surface area (Å²) in [6.07, 6.45) is 3.50. The second-order valence-electron chi connectivity index (χ2n) is 5.04. The molecule has 0 saturated carbocycles. The van der Waals surface area contributed by atoms with E-state index in [0.717, 1.165) is 5.69 Å². The third kappa shape index (κ3) is 3.35.